The number of nitrogens with zero attached hydrogens (tertiary/aromatic N) is 1. The fourth-order valence-electron chi connectivity index (χ4n) is 2.32. The summed E-state index contributed by atoms with van der Waals surface area (Å²) in [5.41, 5.74) is 0. The summed E-state index contributed by atoms with van der Waals surface area (Å²) in [6.07, 6.45) is 3.72. The number of sulfonamides is 1. The Morgan fingerprint density at radius 1 is 1.33 bits per heavy atom. The molecule has 1 rings (SSSR count). The van der Waals surface area contributed by atoms with E-state index in [0.29, 0.717) is 19.3 Å². The van der Waals surface area contributed by atoms with Gasteiger partial charge >= 0.3 is 5.97 Å². The lowest BCUT2D eigenvalue weighted by molar-refractivity contribution is -0.143. The van der Waals surface area contributed by atoms with Gasteiger partial charge in [-0.05, 0) is 26.2 Å². The maximum absolute atomic E-state index is 12.2. The highest BCUT2D eigenvalue weighted by molar-refractivity contribution is 7.89. The van der Waals surface area contributed by atoms with Crippen molar-refractivity contribution in [1.82, 2.24) is 4.31 Å². The zero-order valence-electron chi connectivity index (χ0n) is 11.1. The van der Waals surface area contributed by atoms with Crippen molar-refractivity contribution in [2.45, 2.75) is 52.0 Å². The molecule has 1 aliphatic heterocycles. The molecule has 2 unspecified atom stereocenters. The molecular weight excluding hydrogens is 254 g/mol. The van der Waals surface area contributed by atoms with E-state index in [1.807, 2.05) is 13.8 Å². The van der Waals surface area contributed by atoms with Crippen LogP contribution in [0.2, 0.25) is 0 Å². The minimum atomic E-state index is -3.30. The summed E-state index contributed by atoms with van der Waals surface area (Å²) in [5.74, 6) is -1.31. The van der Waals surface area contributed by atoms with Crippen molar-refractivity contribution >= 4 is 16.0 Å². The molecule has 1 saturated heterocycles. The van der Waals surface area contributed by atoms with Crippen LogP contribution >= 0.6 is 0 Å². The Bertz CT molecular complexity index is 380. The van der Waals surface area contributed by atoms with E-state index >= 15 is 0 Å². The van der Waals surface area contributed by atoms with Gasteiger partial charge in [-0.2, -0.15) is 4.31 Å². The highest BCUT2D eigenvalue weighted by atomic mass is 32.2. The van der Waals surface area contributed by atoms with Crippen molar-refractivity contribution in [3.63, 3.8) is 0 Å². The molecule has 0 aliphatic carbocycles. The Labute approximate surface area is 109 Å². The molecule has 1 heterocycles. The SMILES string of the molecule is CCCCCS(=O)(=O)N1CC(C(=O)O)CCC1C. The standard InChI is InChI=1S/C12H23NO4S/c1-3-4-5-8-18(16,17)13-9-11(12(14)15)7-6-10(13)2/h10-11H,3-9H2,1-2H3,(H,14,15). The third-order valence-corrected chi connectivity index (χ3v) is 5.57. The second-order valence-corrected chi connectivity index (χ2v) is 7.10. The number of hydrogen-bond acceptors (Lipinski definition) is 3. The van der Waals surface area contributed by atoms with Crippen molar-refractivity contribution in [3.05, 3.63) is 0 Å². The van der Waals surface area contributed by atoms with Crippen LogP contribution in [-0.4, -0.2) is 42.1 Å². The van der Waals surface area contributed by atoms with Gasteiger partial charge in [-0.1, -0.05) is 19.8 Å². The van der Waals surface area contributed by atoms with E-state index in [1.54, 1.807) is 0 Å². The van der Waals surface area contributed by atoms with Gasteiger partial charge in [0.05, 0.1) is 11.7 Å². The zero-order valence-corrected chi connectivity index (χ0v) is 11.9. The molecule has 0 radical (unpaired) electrons. The second-order valence-electron chi connectivity index (χ2n) is 5.05. The lowest BCUT2D eigenvalue weighted by Gasteiger charge is -2.35. The molecule has 0 aromatic heterocycles. The van der Waals surface area contributed by atoms with E-state index in [1.165, 1.54) is 4.31 Å². The Morgan fingerprint density at radius 3 is 2.56 bits per heavy atom. The Kier molecular flexibility index (Phi) is 5.59. The maximum Gasteiger partial charge on any atom is 0.307 e. The van der Waals surface area contributed by atoms with Gasteiger partial charge in [-0.25, -0.2) is 8.42 Å². The molecule has 5 nitrogen and oxygen atoms in total. The Balaban J connectivity index is 2.69. The fraction of sp³-hybridized carbons (Fsp3) is 0.917. The molecule has 0 spiro atoms. The predicted molar refractivity (Wildman–Crippen MR) is 69.8 cm³/mol. The van der Waals surface area contributed by atoms with Crippen LogP contribution in [0.3, 0.4) is 0 Å². The van der Waals surface area contributed by atoms with E-state index in [4.69, 9.17) is 5.11 Å². The minimum absolute atomic E-state index is 0.0766. The largest absolute Gasteiger partial charge is 0.481 e. The lowest BCUT2D eigenvalue weighted by atomic mass is 9.96. The number of hydrogen-bond donors (Lipinski definition) is 1. The molecule has 0 saturated carbocycles. The van der Waals surface area contributed by atoms with Gasteiger partial charge < -0.3 is 5.11 Å². The molecule has 1 N–H and O–H groups in total. The monoisotopic (exact) mass is 277 g/mol. The van der Waals surface area contributed by atoms with Crippen LogP contribution in [0.1, 0.15) is 46.0 Å². The Hall–Kier alpha value is -0.620. The van der Waals surface area contributed by atoms with Gasteiger partial charge in [0, 0.05) is 12.6 Å². The van der Waals surface area contributed by atoms with Crippen LogP contribution in [0.4, 0.5) is 0 Å². The third-order valence-electron chi connectivity index (χ3n) is 3.54. The zero-order chi connectivity index (χ0) is 13.8. The van der Waals surface area contributed by atoms with Gasteiger partial charge in [-0.3, -0.25) is 4.79 Å². The summed E-state index contributed by atoms with van der Waals surface area (Å²) < 4.78 is 25.7. The highest BCUT2D eigenvalue weighted by Crippen LogP contribution is 2.25. The van der Waals surface area contributed by atoms with E-state index in [0.717, 1.165) is 12.8 Å². The maximum atomic E-state index is 12.2. The summed E-state index contributed by atoms with van der Waals surface area (Å²) >= 11 is 0. The van der Waals surface area contributed by atoms with Crippen LogP contribution < -0.4 is 0 Å². The van der Waals surface area contributed by atoms with Crippen molar-refractivity contribution in [1.29, 1.82) is 0 Å². The number of carboxylic acid groups (broad SMARTS) is 1. The van der Waals surface area contributed by atoms with Crippen LogP contribution in [0.5, 0.6) is 0 Å². The molecule has 106 valence electrons. The van der Waals surface area contributed by atoms with Crippen LogP contribution in [0, 0.1) is 5.92 Å². The molecule has 0 aromatic carbocycles. The third kappa shape index (κ3) is 3.95. The van der Waals surface area contributed by atoms with E-state index in [-0.39, 0.29) is 18.3 Å². The van der Waals surface area contributed by atoms with Crippen molar-refractivity contribution < 1.29 is 18.3 Å². The lowest BCUT2D eigenvalue weighted by Crippen LogP contribution is -2.48. The molecule has 0 amide bonds. The summed E-state index contributed by atoms with van der Waals surface area (Å²) in [6, 6.07) is -0.0766. The number of carbonyl (C=O) groups is 1. The van der Waals surface area contributed by atoms with Gasteiger partial charge in [0.1, 0.15) is 0 Å². The number of piperidine rings is 1. The quantitative estimate of drug-likeness (QED) is 0.750. The first-order valence-electron chi connectivity index (χ1n) is 6.60. The van der Waals surface area contributed by atoms with Crippen molar-refractivity contribution in [2.24, 2.45) is 5.92 Å². The summed E-state index contributed by atoms with van der Waals surface area (Å²) in [5, 5.41) is 9.00. The van der Waals surface area contributed by atoms with E-state index < -0.39 is 21.9 Å². The van der Waals surface area contributed by atoms with Crippen LogP contribution in [-0.2, 0) is 14.8 Å². The average Bonchev–Trinajstić information content (AvgIpc) is 2.29. The van der Waals surface area contributed by atoms with E-state index in [2.05, 4.69) is 0 Å². The predicted octanol–water partition coefficient (Wildman–Crippen LogP) is 1.69. The van der Waals surface area contributed by atoms with E-state index in [9.17, 15) is 13.2 Å². The van der Waals surface area contributed by atoms with Gasteiger partial charge in [0.25, 0.3) is 0 Å². The van der Waals surface area contributed by atoms with Crippen LogP contribution in [0.25, 0.3) is 0 Å². The topological polar surface area (TPSA) is 74.7 Å². The van der Waals surface area contributed by atoms with Crippen molar-refractivity contribution in [2.75, 3.05) is 12.3 Å². The van der Waals surface area contributed by atoms with Gasteiger partial charge in [0.2, 0.25) is 10.0 Å². The summed E-state index contributed by atoms with van der Waals surface area (Å²) in [7, 11) is -3.30. The fourth-order valence-corrected chi connectivity index (χ4v) is 4.18. The minimum Gasteiger partial charge on any atom is -0.481 e. The second kappa shape index (κ2) is 6.52. The smallest absolute Gasteiger partial charge is 0.307 e. The summed E-state index contributed by atoms with van der Waals surface area (Å²) in [4.78, 5) is 11.0. The average molecular weight is 277 g/mol. The number of aliphatic carboxylic acids is 1. The van der Waals surface area contributed by atoms with Crippen molar-refractivity contribution in [3.8, 4) is 0 Å². The molecule has 6 heteroatoms. The molecular formula is C12H23NO4S. The molecule has 1 fully saturated rings. The molecule has 1 aliphatic rings. The molecule has 2 atom stereocenters. The first-order chi connectivity index (χ1) is 8.38. The van der Waals surface area contributed by atoms with Crippen LogP contribution in [0.15, 0.2) is 0 Å². The first-order valence-corrected chi connectivity index (χ1v) is 8.21. The first kappa shape index (κ1) is 15.4. The number of rotatable bonds is 6. The highest BCUT2D eigenvalue weighted by Gasteiger charge is 2.36. The van der Waals surface area contributed by atoms with Gasteiger partial charge in [-0.15, -0.1) is 0 Å². The molecule has 0 bridgehead atoms. The molecule has 18 heavy (non-hydrogen) atoms. The van der Waals surface area contributed by atoms with Gasteiger partial charge in [0.15, 0.2) is 0 Å². The molecule has 0 aromatic rings. The number of carboxylic acids is 1. The normalized spacial score (nSPS) is 26.1. The number of unbranched alkanes of at least 4 members (excludes halogenated alkanes) is 2. The Morgan fingerprint density at radius 2 is 2.00 bits per heavy atom. The summed E-state index contributed by atoms with van der Waals surface area (Å²) in [6.45, 7) is 4.01.